The van der Waals surface area contributed by atoms with Crippen molar-refractivity contribution in [3.63, 3.8) is 0 Å². The molecule has 0 aromatic heterocycles. The molecule has 82 valence electrons. The topological polar surface area (TPSA) is 6.48 Å². The Bertz CT molecular complexity index is 309. The van der Waals surface area contributed by atoms with Gasteiger partial charge in [-0.1, -0.05) is 0 Å². The van der Waals surface area contributed by atoms with Gasteiger partial charge in [0.25, 0.3) is 0 Å². The molecule has 0 aliphatic heterocycles. The normalized spacial score (nSPS) is 11.0. The van der Waals surface area contributed by atoms with E-state index >= 15 is 0 Å². The van der Waals surface area contributed by atoms with Crippen LogP contribution in [0.4, 0.5) is 0 Å². The van der Waals surface area contributed by atoms with E-state index < -0.39 is 0 Å². The van der Waals surface area contributed by atoms with Crippen LogP contribution in [0.1, 0.15) is 18.9 Å². The minimum atomic E-state index is 0.921. The molecular weight excluding hydrogens is 224 g/mol. The zero-order chi connectivity index (χ0) is 11.3. The van der Waals surface area contributed by atoms with Crippen molar-refractivity contribution in [3.05, 3.63) is 35.9 Å². The Hall–Kier alpha value is -0.458. The van der Waals surface area contributed by atoms with E-state index in [-0.39, 0.29) is 0 Å². The van der Waals surface area contributed by atoms with Crippen molar-refractivity contribution in [1.29, 1.82) is 0 Å². The van der Waals surface area contributed by atoms with E-state index in [1.54, 1.807) is 0 Å². The summed E-state index contributed by atoms with van der Waals surface area (Å²) in [4.78, 5) is 0. The predicted octanol–water partition coefficient (Wildman–Crippen LogP) is 2.05. The molecule has 1 aromatic carbocycles. The van der Waals surface area contributed by atoms with Gasteiger partial charge in [0, 0.05) is 0 Å². The maximum absolute atomic E-state index is 3.13. The van der Waals surface area contributed by atoms with Crippen LogP contribution < -0.4 is 0 Å². The first-order chi connectivity index (χ1) is 7.15. The average molecular weight is 242 g/mol. The Morgan fingerprint density at radius 1 is 1.20 bits per heavy atom. The second kappa shape index (κ2) is 6.20. The van der Waals surface area contributed by atoms with Crippen molar-refractivity contribution in [2.75, 3.05) is 14.1 Å². The summed E-state index contributed by atoms with van der Waals surface area (Å²) in [5.74, 6) is 0. The van der Waals surface area contributed by atoms with Crippen LogP contribution in [0.3, 0.4) is 0 Å². The van der Waals surface area contributed by atoms with Crippen LogP contribution >= 0.6 is 0 Å². The van der Waals surface area contributed by atoms with Crippen molar-refractivity contribution < 1.29 is 15.9 Å². The molecule has 0 unspecified atom stereocenters. The molecule has 0 saturated carbocycles. The Morgan fingerprint density at radius 2 is 1.80 bits per heavy atom. The van der Waals surface area contributed by atoms with Gasteiger partial charge in [0.15, 0.2) is 0 Å². The van der Waals surface area contributed by atoms with Gasteiger partial charge in [0.2, 0.25) is 0 Å². The van der Waals surface area contributed by atoms with E-state index in [1.807, 2.05) is 6.07 Å². The van der Waals surface area contributed by atoms with Crippen LogP contribution in [0.25, 0.3) is 0 Å². The van der Waals surface area contributed by atoms with Gasteiger partial charge in [-0.25, -0.2) is 0 Å². The molecule has 1 rings (SSSR count). The fraction of sp³-hybridized carbons (Fsp3) is 0.417. The van der Waals surface area contributed by atoms with E-state index in [2.05, 4.69) is 71.2 Å². The van der Waals surface area contributed by atoms with Crippen molar-refractivity contribution in [1.82, 2.24) is 10.0 Å². The quantitative estimate of drug-likeness (QED) is 0.729. The third-order valence-corrected chi connectivity index (χ3v) is 3.03. The van der Waals surface area contributed by atoms with Gasteiger partial charge in [0.05, 0.1) is 0 Å². The molecule has 0 aliphatic carbocycles. The molecule has 0 spiro atoms. The summed E-state index contributed by atoms with van der Waals surface area (Å²) in [6.45, 7) is 3.08. The molecule has 2 nitrogen and oxygen atoms in total. The molecular formula is C12H18CrN2. The minimum absolute atomic E-state index is 0.921. The summed E-state index contributed by atoms with van der Waals surface area (Å²) >= 11 is 3.13. The monoisotopic (exact) mass is 242 g/mol. The van der Waals surface area contributed by atoms with Crippen LogP contribution in [-0.2, 0) is 22.4 Å². The maximum atomic E-state index is 3.13. The molecule has 0 saturated heterocycles. The standard InChI is InChI=1S/C12H18N2.Cr/c1-4-10-14(13(2)3)11-12-8-6-5-7-9-12;/h5-9H,4,11H2,1-3H3;. The van der Waals surface area contributed by atoms with Gasteiger partial charge in [0.1, 0.15) is 0 Å². The molecule has 0 amide bonds. The van der Waals surface area contributed by atoms with E-state index in [0.717, 1.165) is 13.0 Å². The molecule has 0 radical (unpaired) electrons. The number of hydrogen-bond acceptors (Lipinski definition) is 2. The van der Waals surface area contributed by atoms with E-state index in [9.17, 15) is 0 Å². The summed E-state index contributed by atoms with van der Waals surface area (Å²) in [7, 11) is 4.13. The van der Waals surface area contributed by atoms with Gasteiger partial charge in [-0.15, -0.1) is 0 Å². The molecule has 1 aromatic rings. The molecule has 0 N–H and O–H groups in total. The number of rotatable bonds is 5. The summed E-state index contributed by atoms with van der Waals surface area (Å²) in [6.07, 6.45) is 1.03. The fourth-order valence-corrected chi connectivity index (χ4v) is 1.75. The SMILES string of the molecule is CC[C](=[Cr])N(Cc1ccccc1)N(C)C. The molecule has 3 heteroatoms. The Kier molecular flexibility index (Phi) is 5.21. The molecule has 0 aliphatic rings. The van der Waals surface area contributed by atoms with Gasteiger partial charge < -0.3 is 0 Å². The Balaban J connectivity index is 2.72. The van der Waals surface area contributed by atoms with Crippen LogP contribution in [0.2, 0.25) is 0 Å². The first-order valence-corrected chi connectivity index (χ1v) is 5.80. The number of hydrogen-bond donors (Lipinski definition) is 0. The zero-order valence-electron chi connectivity index (χ0n) is 9.60. The van der Waals surface area contributed by atoms with Crippen LogP contribution in [0.5, 0.6) is 0 Å². The Labute approximate surface area is 100 Å². The number of nitrogens with zero attached hydrogens (tertiary/aromatic N) is 2. The van der Waals surface area contributed by atoms with Crippen LogP contribution in [0.15, 0.2) is 30.3 Å². The second-order valence-corrected chi connectivity index (χ2v) is 4.37. The Morgan fingerprint density at radius 3 is 2.27 bits per heavy atom. The summed E-state index contributed by atoms with van der Waals surface area (Å²) < 4.78 is 1.27. The first kappa shape index (κ1) is 12.6. The van der Waals surface area contributed by atoms with E-state index in [4.69, 9.17) is 0 Å². The number of hydrazine groups is 1. The van der Waals surface area contributed by atoms with Crippen molar-refractivity contribution >= 4 is 4.50 Å². The van der Waals surface area contributed by atoms with Crippen LogP contribution in [-0.4, -0.2) is 28.6 Å². The zero-order valence-corrected chi connectivity index (χ0v) is 10.9. The van der Waals surface area contributed by atoms with E-state index in [0.29, 0.717) is 0 Å². The number of benzene rings is 1. The van der Waals surface area contributed by atoms with Crippen molar-refractivity contribution in [2.24, 2.45) is 0 Å². The molecule has 0 fully saturated rings. The average Bonchev–Trinajstić information content (AvgIpc) is 2.26. The van der Waals surface area contributed by atoms with Gasteiger partial charge in [-0.2, -0.15) is 0 Å². The first-order valence-electron chi connectivity index (χ1n) is 5.16. The fourth-order valence-electron chi connectivity index (χ4n) is 1.39. The molecule has 0 heterocycles. The second-order valence-electron chi connectivity index (χ2n) is 3.64. The molecule has 0 atom stereocenters. The third-order valence-electron chi connectivity index (χ3n) is 2.25. The van der Waals surface area contributed by atoms with E-state index in [1.165, 1.54) is 10.1 Å². The van der Waals surface area contributed by atoms with Gasteiger partial charge in [-0.3, -0.25) is 0 Å². The summed E-state index contributed by atoms with van der Waals surface area (Å²) in [5, 5.41) is 4.36. The summed E-state index contributed by atoms with van der Waals surface area (Å²) in [5.41, 5.74) is 1.33. The van der Waals surface area contributed by atoms with Crippen molar-refractivity contribution in [3.8, 4) is 0 Å². The molecule has 0 bridgehead atoms. The van der Waals surface area contributed by atoms with Crippen molar-refractivity contribution in [2.45, 2.75) is 19.9 Å². The predicted molar refractivity (Wildman–Crippen MR) is 61.0 cm³/mol. The van der Waals surface area contributed by atoms with Gasteiger partial charge in [-0.05, 0) is 0 Å². The third kappa shape index (κ3) is 3.89. The van der Waals surface area contributed by atoms with Crippen LogP contribution in [0, 0.1) is 0 Å². The summed E-state index contributed by atoms with van der Waals surface area (Å²) in [6, 6.07) is 10.5. The van der Waals surface area contributed by atoms with Gasteiger partial charge >= 0.3 is 100 Å². The molecule has 15 heavy (non-hydrogen) atoms.